The summed E-state index contributed by atoms with van der Waals surface area (Å²) in [5.74, 6) is -0.409. The van der Waals surface area contributed by atoms with Crippen LogP contribution in [-0.2, 0) is 4.79 Å². The van der Waals surface area contributed by atoms with E-state index >= 15 is 0 Å². The fourth-order valence-electron chi connectivity index (χ4n) is 1.38. The number of carbonyl (C=O) groups is 1. The lowest BCUT2D eigenvalue weighted by molar-refractivity contribution is -0.114. The summed E-state index contributed by atoms with van der Waals surface area (Å²) in [5.41, 5.74) is 8.66. The van der Waals surface area contributed by atoms with Crippen LogP contribution in [0.1, 0.15) is 34.1 Å². The van der Waals surface area contributed by atoms with Crippen LogP contribution in [0.3, 0.4) is 0 Å². The van der Waals surface area contributed by atoms with Crippen LogP contribution in [0.25, 0.3) is 0 Å². The quantitative estimate of drug-likeness (QED) is 0.561. The molecule has 0 saturated carbocycles. The lowest BCUT2D eigenvalue weighted by Crippen LogP contribution is -2.11. The van der Waals surface area contributed by atoms with Crippen molar-refractivity contribution in [1.29, 1.82) is 0 Å². The third-order valence-corrected chi connectivity index (χ3v) is 2.46. The molecule has 0 unspecified atom stereocenters. The van der Waals surface area contributed by atoms with Gasteiger partial charge in [-0.3, -0.25) is 4.79 Å². The SMILES string of the molecule is C=C(C=C(C)C=CCC)C(C=C(C)C(N)=O)=CC. The van der Waals surface area contributed by atoms with Crippen LogP contribution >= 0.6 is 0 Å². The van der Waals surface area contributed by atoms with Gasteiger partial charge in [-0.15, -0.1) is 0 Å². The smallest absolute Gasteiger partial charge is 0.244 e. The summed E-state index contributed by atoms with van der Waals surface area (Å²) in [7, 11) is 0. The average Bonchev–Trinajstić information content (AvgIpc) is 2.32. The first-order valence-electron chi connectivity index (χ1n) is 6.10. The minimum absolute atomic E-state index is 0.409. The Hall–Kier alpha value is -1.83. The zero-order valence-electron chi connectivity index (χ0n) is 11.8. The Morgan fingerprint density at radius 1 is 1.28 bits per heavy atom. The van der Waals surface area contributed by atoms with Gasteiger partial charge in [-0.2, -0.15) is 0 Å². The van der Waals surface area contributed by atoms with E-state index in [4.69, 9.17) is 5.73 Å². The topological polar surface area (TPSA) is 43.1 Å². The average molecular weight is 245 g/mol. The molecule has 2 nitrogen and oxygen atoms in total. The highest BCUT2D eigenvalue weighted by atomic mass is 16.1. The van der Waals surface area contributed by atoms with Crippen molar-refractivity contribution in [2.75, 3.05) is 0 Å². The van der Waals surface area contributed by atoms with Crippen molar-refractivity contribution < 1.29 is 4.79 Å². The Bertz CT molecular complexity index is 434. The Balaban J connectivity index is 5.02. The van der Waals surface area contributed by atoms with Crippen molar-refractivity contribution in [2.45, 2.75) is 34.1 Å². The summed E-state index contributed by atoms with van der Waals surface area (Å²) in [6.07, 6.45) is 10.8. The molecule has 0 spiro atoms. The Morgan fingerprint density at radius 3 is 2.33 bits per heavy atom. The second-order valence-electron chi connectivity index (χ2n) is 4.16. The molecule has 2 heteroatoms. The van der Waals surface area contributed by atoms with Gasteiger partial charge in [0.1, 0.15) is 0 Å². The Labute approximate surface area is 110 Å². The van der Waals surface area contributed by atoms with E-state index in [0.29, 0.717) is 5.57 Å². The lowest BCUT2D eigenvalue weighted by Gasteiger charge is -2.04. The molecule has 1 amide bonds. The number of hydrogen-bond donors (Lipinski definition) is 1. The highest BCUT2D eigenvalue weighted by Gasteiger charge is 2.01. The number of nitrogens with two attached hydrogens (primary N) is 1. The van der Waals surface area contributed by atoms with Gasteiger partial charge >= 0.3 is 0 Å². The second kappa shape index (κ2) is 8.29. The summed E-state index contributed by atoms with van der Waals surface area (Å²) >= 11 is 0. The molecular formula is C16H23NO. The first kappa shape index (κ1) is 16.2. The first-order valence-corrected chi connectivity index (χ1v) is 6.10. The van der Waals surface area contributed by atoms with Crippen molar-refractivity contribution in [3.63, 3.8) is 0 Å². The van der Waals surface area contributed by atoms with Crippen LogP contribution in [0, 0.1) is 0 Å². The summed E-state index contributed by atoms with van der Waals surface area (Å²) in [5, 5.41) is 0. The molecule has 0 atom stereocenters. The Morgan fingerprint density at radius 2 is 1.89 bits per heavy atom. The highest BCUT2D eigenvalue weighted by Crippen LogP contribution is 2.15. The standard InChI is InChI=1S/C16H23NO/c1-6-8-9-12(3)10-13(4)15(7-2)11-14(5)16(17)18/h7-11H,4,6H2,1-3,5H3,(H2,17,18). The maximum absolute atomic E-state index is 11.0. The summed E-state index contributed by atoms with van der Waals surface area (Å²) in [6.45, 7) is 11.7. The molecule has 2 N–H and O–H groups in total. The third kappa shape index (κ3) is 6.04. The van der Waals surface area contributed by atoms with Crippen LogP contribution in [-0.4, -0.2) is 5.91 Å². The van der Waals surface area contributed by atoms with Crippen molar-refractivity contribution in [1.82, 2.24) is 0 Å². The zero-order valence-corrected chi connectivity index (χ0v) is 11.8. The van der Waals surface area contributed by atoms with Crippen LogP contribution in [0.2, 0.25) is 0 Å². The van der Waals surface area contributed by atoms with Gasteiger partial charge in [-0.1, -0.05) is 43.4 Å². The molecule has 0 aromatic rings. The second-order valence-corrected chi connectivity index (χ2v) is 4.16. The molecule has 0 aromatic heterocycles. The van der Waals surface area contributed by atoms with E-state index in [2.05, 4.69) is 25.7 Å². The Kier molecular flexibility index (Phi) is 7.45. The van der Waals surface area contributed by atoms with E-state index in [0.717, 1.165) is 23.1 Å². The van der Waals surface area contributed by atoms with E-state index in [1.54, 1.807) is 13.0 Å². The van der Waals surface area contributed by atoms with Gasteiger partial charge in [-0.05, 0) is 44.4 Å². The molecule has 0 rings (SSSR count). The number of rotatable bonds is 6. The third-order valence-electron chi connectivity index (χ3n) is 2.46. The summed E-state index contributed by atoms with van der Waals surface area (Å²) < 4.78 is 0. The van der Waals surface area contributed by atoms with Gasteiger partial charge in [-0.25, -0.2) is 0 Å². The van der Waals surface area contributed by atoms with E-state index in [9.17, 15) is 4.79 Å². The molecule has 0 aliphatic rings. The van der Waals surface area contributed by atoms with Gasteiger partial charge < -0.3 is 5.73 Å². The van der Waals surface area contributed by atoms with Gasteiger partial charge in [0.15, 0.2) is 0 Å². The molecule has 0 radical (unpaired) electrons. The van der Waals surface area contributed by atoms with E-state index in [1.165, 1.54) is 0 Å². The van der Waals surface area contributed by atoms with Crippen molar-refractivity contribution in [3.05, 3.63) is 59.3 Å². The first-order chi connectivity index (χ1) is 8.42. The van der Waals surface area contributed by atoms with E-state index in [1.807, 2.05) is 26.0 Å². The molecule has 98 valence electrons. The predicted octanol–water partition coefficient (Wildman–Crippen LogP) is 3.83. The van der Waals surface area contributed by atoms with Gasteiger partial charge in [0.25, 0.3) is 0 Å². The molecule has 0 bridgehead atoms. The fourth-order valence-corrected chi connectivity index (χ4v) is 1.38. The molecule has 0 aliphatic carbocycles. The van der Waals surface area contributed by atoms with Crippen LogP contribution in [0.15, 0.2) is 59.3 Å². The van der Waals surface area contributed by atoms with Crippen molar-refractivity contribution in [3.8, 4) is 0 Å². The molecular weight excluding hydrogens is 222 g/mol. The number of carbonyl (C=O) groups excluding carboxylic acids is 1. The minimum atomic E-state index is -0.409. The predicted molar refractivity (Wildman–Crippen MR) is 79.0 cm³/mol. The lowest BCUT2D eigenvalue weighted by atomic mass is 10.0. The van der Waals surface area contributed by atoms with Crippen LogP contribution in [0.5, 0.6) is 0 Å². The molecule has 0 aliphatic heterocycles. The number of allylic oxidation sites excluding steroid dienone is 8. The largest absolute Gasteiger partial charge is 0.366 e. The minimum Gasteiger partial charge on any atom is -0.366 e. The molecule has 18 heavy (non-hydrogen) atoms. The number of hydrogen-bond acceptors (Lipinski definition) is 1. The van der Waals surface area contributed by atoms with E-state index < -0.39 is 5.91 Å². The van der Waals surface area contributed by atoms with Gasteiger partial charge in [0.2, 0.25) is 5.91 Å². The van der Waals surface area contributed by atoms with Gasteiger partial charge in [0, 0.05) is 5.57 Å². The summed E-state index contributed by atoms with van der Waals surface area (Å²) in [4.78, 5) is 11.0. The maximum atomic E-state index is 11.0. The van der Waals surface area contributed by atoms with Crippen molar-refractivity contribution in [2.24, 2.45) is 5.73 Å². The number of primary amides is 1. The highest BCUT2D eigenvalue weighted by molar-refractivity contribution is 5.92. The maximum Gasteiger partial charge on any atom is 0.244 e. The van der Waals surface area contributed by atoms with Crippen LogP contribution < -0.4 is 5.73 Å². The molecule has 0 aromatic carbocycles. The number of amides is 1. The normalized spacial score (nSPS) is 14.1. The summed E-state index contributed by atoms with van der Waals surface area (Å²) in [6, 6.07) is 0. The molecule has 0 fully saturated rings. The zero-order chi connectivity index (χ0) is 14.1. The van der Waals surface area contributed by atoms with Gasteiger partial charge in [0.05, 0.1) is 0 Å². The monoisotopic (exact) mass is 245 g/mol. The fraction of sp³-hybridized carbons (Fsp3) is 0.312. The van der Waals surface area contributed by atoms with Crippen LogP contribution in [0.4, 0.5) is 0 Å². The molecule has 0 saturated heterocycles. The molecule has 0 heterocycles. The van der Waals surface area contributed by atoms with E-state index in [-0.39, 0.29) is 0 Å². The van der Waals surface area contributed by atoms with Crippen molar-refractivity contribution >= 4 is 5.91 Å².